The van der Waals surface area contributed by atoms with Crippen molar-refractivity contribution in [3.05, 3.63) is 88.3 Å². The van der Waals surface area contributed by atoms with Crippen molar-refractivity contribution in [3.8, 4) is 28.5 Å². The van der Waals surface area contributed by atoms with Crippen molar-refractivity contribution in [1.29, 1.82) is 5.26 Å². The normalized spacial score (nSPS) is 12.3. The summed E-state index contributed by atoms with van der Waals surface area (Å²) in [5.41, 5.74) is 5.25. The molecular formula is C31H27N3O3S2. The van der Waals surface area contributed by atoms with Gasteiger partial charge >= 0.3 is 5.97 Å². The Kier molecular flexibility index (Phi) is 8.40. The second-order valence-electron chi connectivity index (χ2n) is 9.05. The number of fused-ring (bicyclic) bond motifs is 1. The molecule has 1 aliphatic rings. The molecule has 6 nitrogen and oxygen atoms in total. The summed E-state index contributed by atoms with van der Waals surface area (Å²) in [6.45, 7) is 2.05. The van der Waals surface area contributed by atoms with Gasteiger partial charge < -0.3 is 10.1 Å². The van der Waals surface area contributed by atoms with E-state index in [1.165, 1.54) is 23.1 Å². The molecule has 0 bridgehead atoms. The van der Waals surface area contributed by atoms with Crippen LogP contribution in [0.4, 0.5) is 5.00 Å². The number of benzene rings is 2. The first-order chi connectivity index (χ1) is 19.1. The molecular weight excluding hydrogens is 526 g/mol. The van der Waals surface area contributed by atoms with Crippen LogP contribution in [0, 0.1) is 11.3 Å². The molecule has 5 rings (SSSR count). The lowest BCUT2D eigenvalue weighted by Crippen LogP contribution is -2.17. The lowest BCUT2D eigenvalue weighted by Gasteiger charge is -2.13. The first kappa shape index (κ1) is 26.7. The molecule has 0 saturated heterocycles. The minimum Gasteiger partial charge on any atom is -0.462 e. The molecule has 0 radical (unpaired) electrons. The summed E-state index contributed by atoms with van der Waals surface area (Å²) in [5, 5.41) is 14.1. The summed E-state index contributed by atoms with van der Waals surface area (Å²) in [6.07, 6.45) is 3.81. The average molecular weight is 554 g/mol. The number of amides is 1. The number of aromatic nitrogens is 1. The van der Waals surface area contributed by atoms with Crippen LogP contribution in [0.2, 0.25) is 0 Å². The van der Waals surface area contributed by atoms with Gasteiger partial charge in [0, 0.05) is 16.0 Å². The lowest BCUT2D eigenvalue weighted by molar-refractivity contribution is -0.113. The van der Waals surface area contributed by atoms with E-state index in [4.69, 9.17) is 9.72 Å². The third kappa shape index (κ3) is 5.90. The lowest BCUT2D eigenvalue weighted by atomic mass is 9.95. The quantitative estimate of drug-likeness (QED) is 0.184. The van der Waals surface area contributed by atoms with Crippen LogP contribution in [0.3, 0.4) is 0 Å². The van der Waals surface area contributed by atoms with Crippen LogP contribution in [-0.4, -0.2) is 29.2 Å². The molecule has 8 heteroatoms. The summed E-state index contributed by atoms with van der Waals surface area (Å²) >= 11 is 2.68. The second kappa shape index (κ2) is 12.3. The van der Waals surface area contributed by atoms with Crippen LogP contribution in [0.15, 0.2) is 71.8 Å². The number of nitriles is 1. The number of anilines is 1. The van der Waals surface area contributed by atoms with Gasteiger partial charge in [-0.3, -0.25) is 4.79 Å². The Bertz CT molecular complexity index is 1540. The van der Waals surface area contributed by atoms with Crippen molar-refractivity contribution >= 4 is 40.0 Å². The van der Waals surface area contributed by atoms with E-state index in [-0.39, 0.29) is 18.3 Å². The van der Waals surface area contributed by atoms with Gasteiger partial charge in [0.25, 0.3) is 0 Å². The van der Waals surface area contributed by atoms with Gasteiger partial charge in [-0.15, -0.1) is 11.3 Å². The molecule has 0 atom stereocenters. The Morgan fingerprint density at radius 1 is 1.05 bits per heavy atom. The van der Waals surface area contributed by atoms with Crippen molar-refractivity contribution < 1.29 is 14.3 Å². The predicted molar refractivity (Wildman–Crippen MR) is 156 cm³/mol. The minimum absolute atomic E-state index is 0.0407. The van der Waals surface area contributed by atoms with Crippen molar-refractivity contribution in [3.63, 3.8) is 0 Å². The Balaban J connectivity index is 1.44. The van der Waals surface area contributed by atoms with Crippen molar-refractivity contribution in [1.82, 2.24) is 4.98 Å². The Morgan fingerprint density at radius 2 is 1.74 bits per heavy atom. The zero-order chi connectivity index (χ0) is 27.2. The fourth-order valence-electron chi connectivity index (χ4n) is 4.71. The van der Waals surface area contributed by atoms with E-state index >= 15 is 0 Å². The van der Waals surface area contributed by atoms with Crippen LogP contribution >= 0.6 is 23.1 Å². The van der Waals surface area contributed by atoms with Gasteiger partial charge in [-0.2, -0.15) is 5.26 Å². The highest BCUT2D eigenvalue weighted by Crippen LogP contribution is 2.39. The van der Waals surface area contributed by atoms with Crippen LogP contribution < -0.4 is 5.32 Å². The smallest absolute Gasteiger partial charge is 0.341 e. The van der Waals surface area contributed by atoms with Gasteiger partial charge in [0.1, 0.15) is 16.1 Å². The van der Waals surface area contributed by atoms with Crippen molar-refractivity contribution in [2.24, 2.45) is 0 Å². The molecule has 2 heterocycles. The maximum absolute atomic E-state index is 13.2. The zero-order valence-electron chi connectivity index (χ0n) is 21.5. The van der Waals surface area contributed by atoms with E-state index in [0.717, 1.165) is 58.5 Å². The van der Waals surface area contributed by atoms with E-state index in [1.54, 1.807) is 6.92 Å². The number of pyridine rings is 1. The monoisotopic (exact) mass is 553 g/mol. The molecule has 0 fully saturated rings. The third-order valence-corrected chi connectivity index (χ3v) is 8.68. The highest BCUT2D eigenvalue weighted by atomic mass is 32.2. The topological polar surface area (TPSA) is 92.1 Å². The Labute approximate surface area is 236 Å². The average Bonchev–Trinajstić information content (AvgIpc) is 3.34. The fourth-order valence-corrected chi connectivity index (χ4v) is 6.80. The van der Waals surface area contributed by atoms with Gasteiger partial charge in [-0.1, -0.05) is 72.4 Å². The number of ether oxygens (including phenoxy) is 1. The third-order valence-electron chi connectivity index (χ3n) is 6.50. The number of hydrogen-bond donors (Lipinski definition) is 1. The first-order valence-corrected chi connectivity index (χ1v) is 14.7. The predicted octanol–water partition coefficient (Wildman–Crippen LogP) is 7.14. The highest BCUT2D eigenvalue weighted by molar-refractivity contribution is 8.00. The number of esters is 1. The van der Waals surface area contributed by atoms with Gasteiger partial charge in [-0.25, -0.2) is 9.78 Å². The molecule has 0 spiro atoms. The number of rotatable bonds is 8. The second-order valence-corrected chi connectivity index (χ2v) is 11.1. The number of carbonyl (C=O) groups excluding carboxylic acids is 2. The molecule has 4 aromatic rings. The summed E-state index contributed by atoms with van der Waals surface area (Å²) in [7, 11) is 0. The van der Waals surface area contributed by atoms with Crippen molar-refractivity contribution in [2.75, 3.05) is 17.7 Å². The maximum atomic E-state index is 13.2. The van der Waals surface area contributed by atoms with E-state index in [9.17, 15) is 14.9 Å². The van der Waals surface area contributed by atoms with Gasteiger partial charge in [0.2, 0.25) is 5.91 Å². The largest absolute Gasteiger partial charge is 0.462 e. The maximum Gasteiger partial charge on any atom is 0.341 e. The number of carbonyl (C=O) groups is 2. The van der Waals surface area contributed by atoms with Crippen molar-refractivity contribution in [2.45, 2.75) is 37.6 Å². The molecule has 0 saturated carbocycles. The standard InChI is InChI=1S/C31H27N3O3S2/c1-2-37-31(36)28-22-15-9-10-16-26(22)39-30(28)34-27(35)19-38-29-24(18-32)23(20-11-5-3-6-12-20)17-25(33-29)21-13-7-4-8-14-21/h3-8,11-14,17H,2,9-10,15-16,19H2,1H3,(H,34,35). The zero-order valence-corrected chi connectivity index (χ0v) is 23.2. The Hall–Kier alpha value is -3.93. The summed E-state index contributed by atoms with van der Waals surface area (Å²) in [6, 6.07) is 23.7. The van der Waals surface area contributed by atoms with Crippen LogP contribution in [0.5, 0.6) is 0 Å². The van der Waals surface area contributed by atoms with Crippen LogP contribution in [0.25, 0.3) is 22.4 Å². The summed E-state index contributed by atoms with van der Waals surface area (Å²) < 4.78 is 5.31. The molecule has 196 valence electrons. The molecule has 1 N–H and O–H groups in total. The molecule has 0 aliphatic heterocycles. The number of nitrogens with one attached hydrogen (secondary N) is 1. The summed E-state index contributed by atoms with van der Waals surface area (Å²) in [4.78, 5) is 31.9. The fraction of sp³-hybridized carbons (Fsp3) is 0.226. The minimum atomic E-state index is -0.392. The molecule has 39 heavy (non-hydrogen) atoms. The molecule has 1 amide bonds. The van der Waals surface area contributed by atoms with Gasteiger partial charge in [0.05, 0.1) is 29.2 Å². The first-order valence-electron chi connectivity index (χ1n) is 12.9. The number of aryl methyl sites for hydroxylation is 1. The van der Waals surface area contributed by atoms with Crippen LogP contribution in [-0.2, 0) is 22.4 Å². The number of nitrogens with zero attached hydrogens (tertiary/aromatic N) is 2. The summed E-state index contributed by atoms with van der Waals surface area (Å²) in [5.74, 6) is -0.614. The number of thiophene rings is 1. The SMILES string of the molecule is CCOC(=O)c1c(NC(=O)CSc2nc(-c3ccccc3)cc(-c3ccccc3)c2C#N)sc2c1CCCC2. The number of thioether (sulfide) groups is 1. The molecule has 2 aromatic carbocycles. The number of hydrogen-bond acceptors (Lipinski definition) is 7. The van der Waals surface area contributed by atoms with E-state index in [2.05, 4.69) is 11.4 Å². The van der Waals surface area contributed by atoms with Gasteiger partial charge in [0.15, 0.2) is 0 Å². The van der Waals surface area contributed by atoms with E-state index < -0.39 is 5.97 Å². The highest BCUT2D eigenvalue weighted by Gasteiger charge is 2.27. The van der Waals surface area contributed by atoms with E-state index in [0.29, 0.717) is 21.2 Å². The Morgan fingerprint density at radius 3 is 2.44 bits per heavy atom. The van der Waals surface area contributed by atoms with Crippen LogP contribution in [0.1, 0.15) is 46.1 Å². The van der Waals surface area contributed by atoms with E-state index in [1.807, 2.05) is 66.7 Å². The molecule has 2 aromatic heterocycles. The molecule has 0 unspecified atom stereocenters. The molecule has 1 aliphatic carbocycles. The van der Waals surface area contributed by atoms with Gasteiger partial charge in [-0.05, 0) is 49.8 Å².